The van der Waals surface area contributed by atoms with Crippen molar-refractivity contribution in [2.45, 2.75) is 0 Å². The Morgan fingerprint density at radius 1 is 1.00 bits per heavy atom. The Labute approximate surface area is 127 Å². The molecule has 0 N–H and O–H groups in total. The van der Waals surface area contributed by atoms with Gasteiger partial charge in [-0.2, -0.15) is 0 Å². The molecule has 0 aliphatic carbocycles. The van der Waals surface area contributed by atoms with Crippen LogP contribution in [0.3, 0.4) is 0 Å². The maximum Gasteiger partial charge on any atom is 0.124 e. The van der Waals surface area contributed by atoms with Crippen LogP contribution in [0.4, 0.5) is 4.39 Å². The summed E-state index contributed by atoms with van der Waals surface area (Å²) < 4.78 is 13.9. The molecule has 1 heterocycles. The van der Waals surface area contributed by atoms with Crippen LogP contribution in [-0.2, 0) is 0 Å². The average Bonchev–Trinajstić information content (AvgIpc) is 2.78. The number of hydrogen-bond donors (Lipinski definition) is 0. The summed E-state index contributed by atoms with van der Waals surface area (Å²) in [5, 5.41) is 1.78. The van der Waals surface area contributed by atoms with Crippen LogP contribution in [0.15, 0.2) is 30.3 Å². The van der Waals surface area contributed by atoms with E-state index in [0.717, 1.165) is 20.8 Å². The molecule has 3 rings (SSSR count). The van der Waals surface area contributed by atoms with Crippen LogP contribution in [0.25, 0.3) is 20.8 Å². The average molecular weight is 333 g/mol. The summed E-state index contributed by atoms with van der Waals surface area (Å²) in [5.41, 5.74) is 1.50. The monoisotopic (exact) mass is 331 g/mol. The van der Waals surface area contributed by atoms with E-state index in [2.05, 4.69) is 4.98 Å². The van der Waals surface area contributed by atoms with Crippen molar-refractivity contribution in [1.29, 1.82) is 0 Å². The highest BCUT2D eigenvalue weighted by Crippen LogP contribution is 2.37. The number of aromatic nitrogens is 1. The Bertz CT molecular complexity index is 762. The normalized spacial score (nSPS) is 11.2. The predicted molar refractivity (Wildman–Crippen MR) is 80.0 cm³/mol. The molecule has 0 atom stereocenters. The van der Waals surface area contributed by atoms with E-state index in [1.165, 1.54) is 23.5 Å². The molecular weight excluding hydrogens is 328 g/mol. The molecule has 6 heteroatoms. The first-order valence-corrected chi connectivity index (χ1v) is 7.20. The van der Waals surface area contributed by atoms with Crippen LogP contribution >= 0.6 is 46.1 Å². The molecule has 1 aromatic heterocycles. The van der Waals surface area contributed by atoms with E-state index in [4.69, 9.17) is 34.8 Å². The highest BCUT2D eigenvalue weighted by atomic mass is 35.5. The first-order valence-electron chi connectivity index (χ1n) is 5.25. The Morgan fingerprint density at radius 3 is 2.37 bits per heavy atom. The number of halogens is 4. The van der Waals surface area contributed by atoms with Gasteiger partial charge in [0.2, 0.25) is 0 Å². The van der Waals surface area contributed by atoms with Gasteiger partial charge in [-0.25, -0.2) is 9.37 Å². The molecule has 0 bridgehead atoms. The van der Waals surface area contributed by atoms with E-state index < -0.39 is 0 Å². The number of rotatable bonds is 1. The third kappa shape index (κ3) is 2.43. The Balaban J connectivity index is 2.19. The van der Waals surface area contributed by atoms with Crippen LogP contribution in [0.1, 0.15) is 0 Å². The molecular formula is C13H5Cl3FNS. The quantitative estimate of drug-likeness (QED) is 0.493. The first kappa shape index (κ1) is 13.1. The predicted octanol–water partition coefficient (Wildman–Crippen LogP) is 6.06. The highest BCUT2D eigenvalue weighted by Gasteiger charge is 2.11. The largest absolute Gasteiger partial charge is 0.236 e. The Hall–Kier alpha value is -0.870. The molecule has 19 heavy (non-hydrogen) atoms. The zero-order chi connectivity index (χ0) is 13.6. The van der Waals surface area contributed by atoms with Gasteiger partial charge in [-0.15, -0.1) is 11.3 Å². The van der Waals surface area contributed by atoms with Crippen molar-refractivity contribution in [2.24, 2.45) is 0 Å². The molecule has 2 aromatic carbocycles. The zero-order valence-electron chi connectivity index (χ0n) is 9.25. The standard InChI is InChI=1S/C13H5Cl3FNS/c14-8-3-6(4-9(15)12(8)16)13-18-10-2-1-7(17)5-11(10)19-13/h1-5H. The van der Waals surface area contributed by atoms with Gasteiger partial charge in [-0.05, 0) is 30.3 Å². The number of nitrogens with zero attached hydrogens (tertiary/aromatic N) is 1. The van der Waals surface area contributed by atoms with Gasteiger partial charge >= 0.3 is 0 Å². The topological polar surface area (TPSA) is 12.9 Å². The third-order valence-electron chi connectivity index (χ3n) is 2.58. The molecule has 96 valence electrons. The molecule has 0 saturated carbocycles. The number of fused-ring (bicyclic) bond motifs is 1. The summed E-state index contributed by atoms with van der Waals surface area (Å²) in [4.78, 5) is 4.43. The lowest BCUT2D eigenvalue weighted by molar-refractivity contribution is 0.630. The second-order valence-electron chi connectivity index (χ2n) is 3.88. The van der Waals surface area contributed by atoms with Crippen LogP contribution < -0.4 is 0 Å². The summed E-state index contributed by atoms with van der Waals surface area (Å²) >= 11 is 19.3. The van der Waals surface area contributed by atoms with Crippen LogP contribution in [0, 0.1) is 5.82 Å². The van der Waals surface area contributed by atoms with E-state index in [1.54, 1.807) is 18.2 Å². The molecule has 0 fully saturated rings. The van der Waals surface area contributed by atoms with Crippen LogP contribution in [0.2, 0.25) is 15.1 Å². The fourth-order valence-corrected chi connectivity index (χ4v) is 3.27. The maximum atomic E-state index is 13.1. The van der Waals surface area contributed by atoms with Crippen LogP contribution in [-0.4, -0.2) is 4.98 Å². The number of hydrogen-bond acceptors (Lipinski definition) is 2. The van der Waals surface area contributed by atoms with Crippen molar-refractivity contribution in [1.82, 2.24) is 4.98 Å². The van der Waals surface area contributed by atoms with Crippen molar-refractivity contribution in [3.05, 3.63) is 51.2 Å². The summed E-state index contributed by atoms with van der Waals surface area (Å²) in [7, 11) is 0. The van der Waals surface area contributed by atoms with Crippen molar-refractivity contribution in [3.8, 4) is 10.6 Å². The summed E-state index contributed by atoms with van der Waals surface area (Å²) in [6.45, 7) is 0. The smallest absolute Gasteiger partial charge is 0.124 e. The van der Waals surface area contributed by atoms with E-state index in [9.17, 15) is 4.39 Å². The van der Waals surface area contributed by atoms with E-state index >= 15 is 0 Å². The minimum Gasteiger partial charge on any atom is -0.236 e. The van der Waals surface area contributed by atoms with Crippen molar-refractivity contribution in [3.63, 3.8) is 0 Å². The van der Waals surface area contributed by atoms with E-state index in [-0.39, 0.29) is 5.82 Å². The van der Waals surface area contributed by atoms with Crippen molar-refractivity contribution < 1.29 is 4.39 Å². The number of thiazole rings is 1. The van der Waals surface area contributed by atoms with Crippen molar-refractivity contribution in [2.75, 3.05) is 0 Å². The van der Waals surface area contributed by atoms with E-state index in [1.807, 2.05) is 0 Å². The minimum absolute atomic E-state index is 0.283. The SMILES string of the molecule is Fc1ccc2nc(-c3cc(Cl)c(Cl)c(Cl)c3)sc2c1. The third-order valence-corrected chi connectivity index (χ3v) is 4.85. The molecule has 0 aliphatic rings. The summed E-state index contributed by atoms with van der Waals surface area (Å²) in [6.07, 6.45) is 0. The van der Waals surface area contributed by atoms with Gasteiger partial charge < -0.3 is 0 Å². The fraction of sp³-hybridized carbons (Fsp3) is 0. The molecule has 0 unspecified atom stereocenters. The van der Waals surface area contributed by atoms with E-state index in [0.29, 0.717) is 15.1 Å². The lowest BCUT2D eigenvalue weighted by atomic mass is 10.2. The zero-order valence-corrected chi connectivity index (χ0v) is 12.3. The molecule has 0 saturated heterocycles. The van der Waals surface area contributed by atoms with Gasteiger partial charge in [0.05, 0.1) is 25.3 Å². The van der Waals surface area contributed by atoms with Crippen LogP contribution in [0.5, 0.6) is 0 Å². The molecule has 1 nitrogen and oxygen atoms in total. The highest BCUT2D eigenvalue weighted by molar-refractivity contribution is 7.21. The lowest BCUT2D eigenvalue weighted by Crippen LogP contribution is -1.79. The lowest BCUT2D eigenvalue weighted by Gasteiger charge is -2.02. The molecule has 3 aromatic rings. The van der Waals surface area contributed by atoms with Gasteiger partial charge in [-0.3, -0.25) is 0 Å². The molecule has 0 amide bonds. The number of benzene rings is 2. The van der Waals surface area contributed by atoms with Gasteiger partial charge in [0.1, 0.15) is 10.8 Å². The summed E-state index contributed by atoms with van der Waals surface area (Å²) in [5.74, 6) is -0.283. The molecule has 0 aliphatic heterocycles. The van der Waals surface area contributed by atoms with Gasteiger partial charge in [-0.1, -0.05) is 34.8 Å². The van der Waals surface area contributed by atoms with Gasteiger partial charge in [0.25, 0.3) is 0 Å². The minimum atomic E-state index is -0.283. The second kappa shape index (κ2) is 4.91. The first-order chi connectivity index (χ1) is 9.04. The van der Waals surface area contributed by atoms with Crippen molar-refractivity contribution >= 4 is 56.4 Å². The molecule has 0 radical (unpaired) electrons. The molecule has 0 spiro atoms. The Morgan fingerprint density at radius 2 is 1.68 bits per heavy atom. The summed E-state index contributed by atoms with van der Waals surface area (Å²) in [6, 6.07) is 7.88. The van der Waals surface area contributed by atoms with Gasteiger partial charge in [0.15, 0.2) is 0 Å². The fourth-order valence-electron chi connectivity index (χ4n) is 1.70. The van der Waals surface area contributed by atoms with Gasteiger partial charge in [0, 0.05) is 5.56 Å². The maximum absolute atomic E-state index is 13.1. The second-order valence-corrected chi connectivity index (χ2v) is 6.11. The Kier molecular flexibility index (Phi) is 3.39.